The molecule has 2 aliphatic carbocycles. The monoisotopic (exact) mass is 382 g/mol. The molecule has 0 saturated heterocycles. The van der Waals surface area contributed by atoms with Gasteiger partial charge in [-0.15, -0.1) is 0 Å². The maximum Gasteiger partial charge on any atom is 0.232 e. The molecule has 1 heterocycles. The SMILES string of the molecule is NC(=O)[C@H]1C[C@H](NC(=O)CC2CCCC2)[C@H](c2nc(-c3ccccc3)no2)C1. The molecule has 1 aromatic carbocycles. The molecule has 0 radical (unpaired) electrons. The van der Waals surface area contributed by atoms with Crippen molar-refractivity contribution in [3.8, 4) is 11.4 Å². The number of nitrogens with one attached hydrogen (secondary N) is 1. The van der Waals surface area contributed by atoms with Crippen LogP contribution in [0.2, 0.25) is 0 Å². The molecule has 1 aromatic heterocycles. The van der Waals surface area contributed by atoms with Gasteiger partial charge in [-0.3, -0.25) is 9.59 Å². The third kappa shape index (κ3) is 4.08. The fourth-order valence-electron chi connectivity index (χ4n) is 4.54. The molecule has 2 saturated carbocycles. The molecule has 4 rings (SSSR count). The Morgan fingerprint density at radius 3 is 2.61 bits per heavy atom. The lowest BCUT2D eigenvalue weighted by Gasteiger charge is -2.19. The van der Waals surface area contributed by atoms with Gasteiger partial charge < -0.3 is 15.6 Å². The fraction of sp³-hybridized carbons (Fsp3) is 0.524. The van der Waals surface area contributed by atoms with Crippen LogP contribution in [-0.4, -0.2) is 28.0 Å². The third-order valence-corrected chi connectivity index (χ3v) is 6.05. The van der Waals surface area contributed by atoms with Crippen LogP contribution in [0, 0.1) is 11.8 Å². The maximum absolute atomic E-state index is 12.5. The minimum atomic E-state index is -0.347. The normalized spacial score (nSPS) is 25.1. The third-order valence-electron chi connectivity index (χ3n) is 6.05. The van der Waals surface area contributed by atoms with Crippen LogP contribution >= 0.6 is 0 Å². The quantitative estimate of drug-likeness (QED) is 0.798. The predicted octanol–water partition coefficient (Wildman–Crippen LogP) is 2.78. The van der Waals surface area contributed by atoms with Gasteiger partial charge in [0.15, 0.2) is 0 Å². The zero-order valence-corrected chi connectivity index (χ0v) is 15.8. The Balaban J connectivity index is 1.49. The summed E-state index contributed by atoms with van der Waals surface area (Å²) < 4.78 is 5.51. The van der Waals surface area contributed by atoms with Gasteiger partial charge in [0.25, 0.3) is 0 Å². The number of primary amides is 1. The number of hydrogen-bond donors (Lipinski definition) is 2. The summed E-state index contributed by atoms with van der Waals surface area (Å²) in [5.41, 5.74) is 6.41. The van der Waals surface area contributed by atoms with Gasteiger partial charge in [0.05, 0.1) is 5.92 Å². The predicted molar refractivity (Wildman–Crippen MR) is 103 cm³/mol. The van der Waals surface area contributed by atoms with Crippen molar-refractivity contribution in [2.75, 3.05) is 0 Å². The molecule has 0 aliphatic heterocycles. The van der Waals surface area contributed by atoms with Crippen molar-refractivity contribution in [3.05, 3.63) is 36.2 Å². The first-order chi connectivity index (χ1) is 13.6. The van der Waals surface area contributed by atoms with Crippen molar-refractivity contribution in [3.63, 3.8) is 0 Å². The van der Waals surface area contributed by atoms with Gasteiger partial charge in [-0.25, -0.2) is 0 Å². The molecule has 7 nitrogen and oxygen atoms in total. The Labute approximate surface area is 164 Å². The van der Waals surface area contributed by atoms with Crippen molar-refractivity contribution in [2.24, 2.45) is 17.6 Å². The minimum Gasteiger partial charge on any atom is -0.369 e. The van der Waals surface area contributed by atoms with E-state index in [-0.39, 0.29) is 29.7 Å². The van der Waals surface area contributed by atoms with Crippen LogP contribution in [0.4, 0.5) is 0 Å². The molecule has 0 bridgehead atoms. The molecule has 0 spiro atoms. The zero-order valence-electron chi connectivity index (χ0n) is 15.8. The highest BCUT2D eigenvalue weighted by atomic mass is 16.5. The number of carbonyl (C=O) groups excluding carboxylic acids is 2. The lowest BCUT2D eigenvalue weighted by molar-refractivity contribution is -0.124. The molecule has 7 heteroatoms. The van der Waals surface area contributed by atoms with Crippen LogP contribution in [-0.2, 0) is 9.59 Å². The molecule has 28 heavy (non-hydrogen) atoms. The van der Waals surface area contributed by atoms with Crippen LogP contribution in [0.5, 0.6) is 0 Å². The number of nitrogens with zero attached hydrogens (tertiary/aromatic N) is 2. The molecule has 2 fully saturated rings. The van der Waals surface area contributed by atoms with Crippen molar-refractivity contribution < 1.29 is 14.1 Å². The second kappa shape index (κ2) is 8.12. The number of carbonyl (C=O) groups is 2. The number of nitrogens with two attached hydrogens (primary N) is 1. The van der Waals surface area contributed by atoms with Crippen LogP contribution in [0.25, 0.3) is 11.4 Å². The fourth-order valence-corrected chi connectivity index (χ4v) is 4.54. The van der Waals surface area contributed by atoms with Crippen LogP contribution in [0.3, 0.4) is 0 Å². The van der Waals surface area contributed by atoms with E-state index in [1.807, 2.05) is 30.3 Å². The van der Waals surface area contributed by atoms with E-state index in [1.54, 1.807) is 0 Å². The summed E-state index contributed by atoms with van der Waals surface area (Å²) in [6.45, 7) is 0. The van der Waals surface area contributed by atoms with Gasteiger partial charge in [-0.05, 0) is 31.6 Å². The van der Waals surface area contributed by atoms with Crippen LogP contribution in [0.1, 0.15) is 56.8 Å². The first-order valence-corrected chi connectivity index (χ1v) is 10.1. The van der Waals surface area contributed by atoms with E-state index in [0.717, 1.165) is 18.4 Å². The summed E-state index contributed by atoms with van der Waals surface area (Å²) >= 11 is 0. The van der Waals surface area contributed by atoms with Crippen molar-refractivity contribution in [2.45, 2.75) is 56.9 Å². The number of hydrogen-bond acceptors (Lipinski definition) is 5. The summed E-state index contributed by atoms with van der Waals surface area (Å²) in [6, 6.07) is 9.36. The lowest BCUT2D eigenvalue weighted by atomic mass is 10.0. The molecule has 3 atom stereocenters. The van der Waals surface area contributed by atoms with Crippen LogP contribution < -0.4 is 11.1 Å². The minimum absolute atomic E-state index is 0.0369. The van der Waals surface area contributed by atoms with Gasteiger partial charge in [-0.1, -0.05) is 48.3 Å². The first-order valence-electron chi connectivity index (χ1n) is 10.1. The molecule has 2 amide bonds. The molecule has 2 aliphatic rings. The van der Waals surface area contributed by atoms with E-state index in [9.17, 15) is 9.59 Å². The molecule has 3 N–H and O–H groups in total. The van der Waals surface area contributed by atoms with Gasteiger partial charge in [0.2, 0.25) is 23.5 Å². The smallest absolute Gasteiger partial charge is 0.232 e. The zero-order chi connectivity index (χ0) is 19.5. The average molecular weight is 382 g/mol. The van der Waals surface area contributed by atoms with Gasteiger partial charge in [0, 0.05) is 23.9 Å². The second-order valence-corrected chi connectivity index (χ2v) is 8.03. The second-order valence-electron chi connectivity index (χ2n) is 8.03. The first kappa shape index (κ1) is 18.7. The van der Waals surface area contributed by atoms with Crippen LogP contribution in [0.15, 0.2) is 34.9 Å². The van der Waals surface area contributed by atoms with E-state index in [2.05, 4.69) is 15.5 Å². The lowest BCUT2D eigenvalue weighted by Crippen LogP contribution is -2.37. The van der Waals surface area contributed by atoms with Crippen molar-refractivity contribution >= 4 is 11.8 Å². The Morgan fingerprint density at radius 2 is 1.89 bits per heavy atom. The highest BCUT2D eigenvalue weighted by molar-refractivity contribution is 5.79. The highest BCUT2D eigenvalue weighted by Crippen LogP contribution is 2.39. The van der Waals surface area contributed by atoms with E-state index in [1.165, 1.54) is 12.8 Å². The Morgan fingerprint density at radius 1 is 1.14 bits per heavy atom. The number of aromatic nitrogens is 2. The van der Waals surface area contributed by atoms with E-state index in [4.69, 9.17) is 10.3 Å². The number of amides is 2. The molecule has 0 unspecified atom stereocenters. The molecular formula is C21H26N4O3. The largest absolute Gasteiger partial charge is 0.369 e. The number of rotatable bonds is 6. The van der Waals surface area contributed by atoms with Gasteiger partial charge >= 0.3 is 0 Å². The van der Waals surface area contributed by atoms with Crippen molar-refractivity contribution in [1.82, 2.24) is 15.5 Å². The maximum atomic E-state index is 12.5. The van der Waals surface area contributed by atoms with E-state index < -0.39 is 0 Å². The number of benzene rings is 1. The summed E-state index contributed by atoms with van der Waals surface area (Å²) in [5, 5.41) is 7.20. The van der Waals surface area contributed by atoms with E-state index >= 15 is 0 Å². The van der Waals surface area contributed by atoms with E-state index in [0.29, 0.717) is 36.9 Å². The molecule has 2 aromatic rings. The van der Waals surface area contributed by atoms with Crippen molar-refractivity contribution in [1.29, 1.82) is 0 Å². The Kier molecular flexibility index (Phi) is 5.41. The Bertz CT molecular complexity index is 829. The topological polar surface area (TPSA) is 111 Å². The average Bonchev–Trinajstić information content (AvgIpc) is 3.42. The van der Waals surface area contributed by atoms with Gasteiger partial charge in [-0.2, -0.15) is 4.98 Å². The summed E-state index contributed by atoms with van der Waals surface area (Å²) in [4.78, 5) is 28.8. The summed E-state index contributed by atoms with van der Waals surface area (Å²) in [5.74, 6) is 0.627. The summed E-state index contributed by atoms with van der Waals surface area (Å²) in [6.07, 6.45) is 6.23. The summed E-state index contributed by atoms with van der Waals surface area (Å²) in [7, 11) is 0. The Hall–Kier alpha value is -2.70. The highest BCUT2D eigenvalue weighted by Gasteiger charge is 2.41. The van der Waals surface area contributed by atoms with Gasteiger partial charge in [0.1, 0.15) is 0 Å². The molecule has 148 valence electrons. The molecular weight excluding hydrogens is 356 g/mol. The standard InChI is InChI=1S/C21H26N4O3/c22-19(27)15-11-16(17(12-15)23-18(26)10-13-6-4-5-7-13)21-24-20(25-28-21)14-8-2-1-3-9-14/h1-3,8-9,13,15-17H,4-7,10-12H2,(H2,22,27)(H,23,26)/t15-,16-,17+/m1/s1.